The number of furan rings is 1. The van der Waals surface area contributed by atoms with E-state index in [9.17, 15) is 4.79 Å². The average Bonchev–Trinajstić information content (AvgIpc) is 3.25. The van der Waals surface area contributed by atoms with Crippen molar-refractivity contribution < 1.29 is 18.5 Å². The standard InChI is InChI=1S/C16H15N3O4/c1-11(17-15(20)12-7-8-21-9-12)16-18-14(19-23-16)10-22-13-5-3-2-4-6-13/h2-9,11H,10H2,1H3,(H,17,20)/t11-/m1/s1. The molecule has 3 aromatic rings. The van der Waals surface area contributed by atoms with E-state index in [4.69, 9.17) is 13.7 Å². The van der Waals surface area contributed by atoms with E-state index in [1.165, 1.54) is 12.5 Å². The molecule has 7 heteroatoms. The molecule has 0 radical (unpaired) electrons. The number of nitrogens with zero attached hydrogens (tertiary/aromatic N) is 2. The number of benzene rings is 1. The molecule has 7 nitrogen and oxygen atoms in total. The molecular weight excluding hydrogens is 298 g/mol. The Balaban J connectivity index is 1.57. The zero-order valence-electron chi connectivity index (χ0n) is 12.4. The van der Waals surface area contributed by atoms with Crippen molar-refractivity contribution in [2.24, 2.45) is 0 Å². The first kappa shape index (κ1) is 14.8. The SMILES string of the molecule is C[C@@H](NC(=O)c1ccoc1)c1nc(COc2ccccc2)no1. The molecule has 0 aliphatic carbocycles. The van der Waals surface area contributed by atoms with Crippen LogP contribution in [0.15, 0.2) is 57.9 Å². The van der Waals surface area contributed by atoms with Crippen molar-refractivity contribution in [3.05, 3.63) is 66.2 Å². The van der Waals surface area contributed by atoms with Crippen LogP contribution in [0.2, 0.25) is 0 Å². The molecule has 0 aliphatic heterocycles. The Kier molecular flexibility index (Phi) is 4.37. The Bertz CT molecular complexity index is 753. The minimum absolute atomic E-state index is 0.190. The third-order valence-corrected chi connectivity index (χ3v) is 3.10. The number of rotatable bonds is 6. The van der Waals surface area contributed by atoms with Crippen LogP contribution in [0, 0.1) is 0 Å². The van der Waals surface area contributed by atoms with Gasteiger partial charge in [0.25, 0.3) is 5.91 Å². The van der Waals surface area contributed by atoms with Crippen molar-refractivity contribution in [3.63, 3.8) is 0 Å². The van der Waals surface area contributed by atoms with Crippen LogP contribution in [0.5, 0.6) is 5.75 Å². The average molecular weight is 313 g/mol. The highest BCUT2D eigenvalue weighted by Crippen LogP contribution is 2.13. The summed E-state index contributed by atoms with van der Waals surface area (Å²) in [6.07, 6.45) is 2.81. The van der Waals surface area contributed by atoms with Gasteiger partial charge in [-0.15, -0.1) is 0 Å². The second-order valence-corrected chi connectivity index (χ2v) is 4.86. The van der Waals surface area contributed by atoms with Crippen LogP contribution in [-0.4, -0.2) is 16.0 Å². The van der Waals surface area contributed by atoms with E-state index in [0.717, 1.165) is 5.75 Å². The molecule has 1 N–H and O–H groups in total. The molecule has 0 unspecified atom stereocenters. The van der Waals surface area contributed by atoms with Gasteiger partial charge in [-0.05, 0) is 25.1 Å². The summed E-state index contributed by atoms with van der Waals surface area (Å²) in [7, 11) is 0. The van der Waals surface area contributed by atoms with Gasteiger partial charge in [-0.2, -0.15) is 4.98 Å². The fraction of sp³-hybridized carbons (Fsp3) is 0.188. The molecule has 0 saturated carbocycles. The van der Waals surface area contributed by atoms with Crippen LogP contribution in [-0.2, 0) is 6.61 Å². The van der Waals surface area contributed by atoms with Gasteiger partial charge >= 0.3 is 0 Å². The fourth-order valence-electron chi connectivity index (χ4n) is 1.90. The maximum atomic E-state index is 11.9. The Hall–Kier alpha value is -3.09. The van der Waals surface area contributed by atoms with E-state index in [2.05, 4.69) is 15.5 Å². The van der Waals surface area contributed by atoms with Crippen molar-refractivity contribution in [1.82, 2.24) is 15.5 Å². The summed E-state index contributed by atoms with van der Waals surface area (Å²) >= 11 is 0. The van der Waals surface area contributed by atoms with Crippen molar-refractivity contribution in [2.45, 2.75) is 19.6 Å². The summed E-state index contributed by atoms with van der Waals surface area (Å²) in [5.41, 5.74) is 0.434. The molecule has 23 heavy (non-hydrogen) atoms. The monoisotopic (exact) mass is 313 g/mol. The van der Waals surface area contributed by atoms with Crippen LogP contribution < -0.4 is 10.1 Å². The summed E-state index contributed by atoms with van der Waals surface area (Å²) in [5, 5.41) is 6.59. The van der Waals surface area contributed by atoms with E-state index >= 15 is 0 Å². The number of ether oxygens (including phenoxy) is 1. The molecule has 118 valence electrons. The first-order valence-corrected chi connectivity index (χ1v) is 7.06. The Morgan fingerprint density at radius 1 is 1.30 bits per heavy atom. The Morgan fingerprint density at radius 2 is 2.13 bits per heavy atom. The molecule has 0 fully saturated rings. The van der Waals surface area contributed by atoms with Gasteiger partial charge in [0.05, 0.1) is 11.8 Å². The van der Waals surface area contributed by atoms with Gasteiger partial charge in [0.15, 0.2) is 6.61 Å². The van der Waals surface area contributed by atoms with Crippen LogP contribution in [0.3, 0.4) is 0 Å². The van der Waals surface area contributed by atoms with Crippen LogP contribution in [0.1, 0.15) is 35.0 Å². The zero-order valence-corrected chi connectivity index (χ0v) is 12.4. The van der Waals surface area contributed by atoms with Crippen LogP contribution >= 0.6 is 0 Å². The number of carbonyl (C=O) groups excluding carboxylic acids is 1. The summed E-state index contributed by atoms with van der Waals surface area (Å²) in [6, 6.07) is 10.5. The number of hydrogen-bond donors (Lipinski definition) is 1. The van der Waals surface area contributed by atoms with Crippen LogP contribution in [0.4, 0.5) is 0 Å². The molecule has 2 heterocycles. The quantitative estimate of drug-likeness (QED) is 0.752. The van der Waals surface area contributed by atoms with E-state index in [0.29, 0.717) is 17.3 Å². The predicted molar refractivity (Wildman–Crippen MR) is 79.7 cm³/mol. The molecule has 2 aromatic heterocycles. The number of nitrogens with one attached hydrogen (secondary N) is 1. The van der Waals surface area contributed by atoms with Gasteiger partial charge in [0.2, 0.25) is 11.7 Å². The fourth-order valence-corrected chi connectivity index (χ4v) is 1.90. The molecule has 0 saturated heterocycles. The normalized spacial score (nSPS) is 11.9. The van der Waals surface area contributed by atoms with Crippen molar-refractivity contribution >= 4 is 5.91 Å². The van der Waals surface area contributed by atoms with Gasteiger partial charge in [0.1, 0.15) is 18.1 Å². The molecule has 3 rings (SSSR count). The second-order valence-electron chi connectivity index (χ2n) is 4.86. The number of hydrogen-bond acceptors (Lipinski definition) is 6. The smallest absolute Gasteiger partial charge is 0.255 e. The topological polar surface area (TPSA) is 90.4 Å². The van der Waals surface area contributed by atoms with Gasteiger partial charge in [-0.25, -0.2) is 0 Å². The number of carbonyl (C=O) groups is 1. The minimum Gasteiger partial charge on any atom is -0.485 e. The van der Waals surface area contributed by atoms with Gasteiger partial charge in [0, 0.05) is 0 Å². The van der Waals surface area contributed by atoms with E-state index in [-0.39, 0.29) is 12.5 Å². The third-order valence-electron chi connectivity index (χ3n) is 3.10. The van der Waals surface area contributed by atoms with E-state index in [1.807, 2.05) is 30.3 Å². The van der Waals surface area contributed by atoms with Crippen molar-refractivity contribution in [2.75, 3.05) is 0 Å². The zero-order chi connectivity index (χ0) is 16.1. The molecule has 1 aromatic carbocycles. The van der Waals surface area contributed by atoms with E-state index < -0.39 is 6.04 Å². The van der Waals surface area contributed by atoms with Crippen LogP contribution in [0.25, 0.3) is 0 Å². The summed E-state index contributed by atoms with van der Waals surface area (Å²) in [5.74, 6) is 1.17. The molecule has 1 amide bonds. The first-order valence-electron chi connectivity index (χ1n) is 7.06. The molecule has 0 aliphatic rings. The lowest BCUT2D eigenvalue weighted by Crippen LogP contribution is -2.26. The summed E-state index contributed by atoms with van der Waals surface area (Å²) in [6.45, 7) is 1.95. The number of amides is 1. The largest absolute Gasteiger partial charge is 0.485 e. The molecule has 0 spiro atoms. The molecule has 1 atom stereocenters. The Morgan fingerprint density at radius 3 is 2.87 bits per heavy atom. The van der Waals surface area contributed by atoms with Crippen molar-refractivity contribution in [3.8, 4) is 5.75 Å². The number of para-hydroxylation sites is 1. The maximum absolute atomic E-state index is 11.9. The second kappa shape index (κ2) is 6.78. The summed E-state index contributed by atoms with van der Waals surface area (Å²) < 4.78 is 15.6. The minimum atomic E-state index is -0.421. The molecular formula is C16H15N3O4. The third kappa shape index (κ3) is 3.76. The summed E-state index contributed by atoms with van der Waals surface area (Å²) in [4.78, 5) is 16.1. The first-order chi connectivity index (χ1) is 11.2. The predicted octanol–water partition coefficient (Wildman–Crippen LogP) is 2.73. The highest BCUT2D eigenvalue weighted by Gasteiger charge is 2.18. The highest BCUT2D eigenvalue weighted by molar-refractivity contribution is 5.93. The van der Waals surface area contributed by atoms with Gasteiger partial charge in [-0.3, -0.25) is 4.79 Å². The lowest BCUT2D eigenvalue weighted by atomic mass is 10.2. The van der Waals surface area contributed by atoms with Gasteiger partial charge < -0.3 is 19.0 Å². The van der Waals surface area contributed by atoms with Crippen molar-refractivity contribution in [1.29, 1.82) is 0 Å². The van der Waals surface area contributed by atoms with E-state index in [1.54, 1.807) is 13.0 Å². The maximum Gasteiger partial charge on any atom is 0.255 e. The van der Waals surface area contributed by atoms with Gasteiger partial charge in [-0.1, -0.05) is 23.4 Å². The highest BCUT2D eigenvalue weighted by atomic mass is 16.5. The lowest BCUT2D eigenvalue weighted by molar-refractivity contribution is 0.0932. The Labute approximate surface area is 132 Å². The molecule has 0 bridgehead atoms. The number of aromatic nitrogens is 2. The lowest BCUT2D eigenvalue weighted by Gasteiger charge is -2.07.